The Kier molecular flexibility index (Phi) is 5.51. The van der Waals surface area contributed by atoms with Crippen molar-refractivity contribution >= 4 is 21.4 Å². The van der Waals surface area contributed by atoms with Gasteiger partial charge in [0.25, 0.3) is 0 Å². The summed E-state index contributed by atoms with van der Waals surface area (Å²) in [5, 5.41) is 2.84. The van der Waals surface area contributed by atoms with Crippen LogP contribution in [0.2, 0.25) is 0 Å². The van der Waals surface area contributed by atoms with Crippen LogP contribution in [0.15, 0.2) is 5.38 Å². The summed E-state index contributed by atoms with van der Waals surface area (Å²) in [6.45, 7) is 2.78. The Labute approximate surface area is 107 Å². The molecule has 0 unspecified atom stereocenters. The highest BCUT2D eigenvalue weighted by atomic mass is 32.2. The number of thiazole rings is 1. The molecule has 0 radical (unpaired) electrons. The first-order valence-corrected chi connectivity index (χ1v) is 7.99. The molecule has 7 heteroatoms. The van der Waals surface area contributed by atoms with Crippen molar-refractivity contribution in [1.29, 1.82) is 0 Å². The van der Waals surface area contributed by atoms with Gasteiger partial charge in [-0.2, -0.15) is 4.31 Å². The van der Waals surface area contributed by atoms with Crippen LogP contribution in [0.3, 0.4) is 0 Å². The molecule has 1 heterocycles. The molecule has 5 nitrogen and oxygen atoms in total. The average Bonchev–Trinajstić information content (AvgIpc) is 2.64. The molecule has 17 heavy (non-hydrogen) atoms. The van der Waals surface area contributed by atoms with Gasteiger partial charge in [-0.1, -0.05) is 0 Å². The summed E-state index contributed by atoms with van der Waals surface area (Å²) >= 11 is 1.53. The first kappa shape index (κ1) is 14.6. The summed E-state index contributed by atoms with van der Waals surface area (Å²) in [7, 11) is -1.59. The molecule has 1 aromatic rings. The summed E-state index contributed by atoms with van der Waals surface area (Å²) in [6, 6.07) is 0. The molecule has 98 valence electrons. The molecule has 0 bridgehead atoms. The van der Waals surface area contributed by atoms with E-state index in [9.17, 15) is 8.42 Å². The van der Waals surface area contributed by atoms with Crippen LogP contribution >= 0.6 is 11.3 Å². The minimum absolute atomic E-state index is 0.157. The van der Waals surface area contributed by atoms with Gasteiger partial charge in [-0.15, -0.1) is 11.3 Å². The van der Waals surface area contributed by atoms with Gasteiger partial charge in [0.15, 0.2) is 0 Å². The number of hydrogen-bond donors (Lipinski definition) is 1. The Morgan fingerprint density at radius 3 is 2.71 bits per heavy atom. The number of hydrogen-bond acceptors (Lipinski definition) is 5. The van der Waals surface area contributed by atoms with E-state index in [1.165, 1.54) is 15.6 Å². The van der Waals surface area contributed by atoms with E-state index in [1.807, 2.05) is 12.3 Å². The summed E-state index contributed by atoms with van der Waals surface area (Å²) < 4.78 is 25.1. The van der Waals surface area contributed by atoms with Crippen molar-refractivity contribution in [3.63, 3.8) is 0 Å². The van der Waals surface area contributed by atoms with Crippen molar-refractivity contribution in [2.24, 2.45) is 5.73 Å². The first-order chi connectivity index (χ1) is 7.95. The SMILES string of the molecule is Cc1nc(CN(C)S(=O)(=O)CCCCN)cs1. The average molecular weight is 277 g/mol. The number of nitrogens with zero attached hydrogens (tertiary/aromatic N) is 2. The lowest BCUT2D eigenvalue weighted by molar-refractivity contribution is 0.461. The summed E-state index contributed by atoms with van der Waals surface area (Å²) in [5.74, 6) is 0.157. The molecule has 0 aliphatic rings. The third-order valence-corrected chi connectivity index (χ3v) is 5.09. The molecular weight excluding hydrogens is 258 g/mol. The molecule has 1 aromatic heterocycles. The lowest BCUT2D eigenvalue weighted by atomic mass is 10.3. The molecule has 0 atom stereocenters. The van der Waals surface area contributed by atoms with Crippen molar-refractivity contribution in [2.75, 3.05) is 19.3 Å². The molecule has 2 N–H and O–H groups in total. The van der Waals surface area contributed by atoms with Crippen LogP contribution in [0.4, 0.5) is 0 Å². The summed E-state index contributed by atoms with van der Waals surface area (Å²) in [4.78, 5) is 4.25. The fourth-order valence-electron chi connectivity index (χ4n) is 1.39. The van der Waals surface area contributed by atoms with Crippen LogP contribution in [0.25, 0.3) is 0 Å². The van der Waals surface area contributed by atoms with Gasteiger partial charge in [0.2, 0.25) is 10.0 Å². The Bertz CT molecular complexity index is 442. The number of rotatable bonds is 7. The topological polar surface area (TPSA) is 76.3 Å². The maximum atomic E-state index is 11.9. The number of nitrogens with two attached hydrogens (primary N) is 1. The lowest BCUT2D eigenvalue weighted by Gasteiger charge is -2.15. The molecule has 0 saturated carbocycles. The largest absolute Gasteiger partial charge is 0.330 e. The minimum atomic E-state index is -3.18. The van der Waals surface area contributed by atoms with Crippen molar-refractivity contribution in [2.45, 2.75) is 26.3 Å². The maximum Gasteiger partial charge on any atom is 0.214 e. The van der Waals surface area contributed by atoms with Gasteiger partial charge in [0.1, 0.15) is 0 Å². The molecule has 0 amide bonds. The van der Waals surface area contributed by atoms with Crippen LogP contribution in [-0.2, 0) is 16.6 Å². The first-order valence-electron chi connectivity index (χ1n) is 5.51. The Hall–Kier alpha value is -0.500. The maximum absolute atomic E-state index is 11.9. The van der Waals surface area contributed by atoms with E-state index in [1.54, 1.807) is 7.05 Å². The van der Waals surface area contributed by atoms with Crippen molar-refractivity contribution in [1.82, 2.24) is 9.29 Å². The van der Waals surface area contributed by atoms with Crippen molar-refractivity contribution in [3.05, 3.63) is 16.1 Å². The zero-order valence-electron chi connectivity index (χ0n) is 10.2. The Morgan fingerprint density at radius 2 is 2.18 bits per heavy atom. The third kappa shape index (κ3) is 4.71. The van der Waals surface area contributed by atoms with E-state index in [4.69, 9.17) is 5.73 Å². The molecule has 0 aromatic carbocycles. The van der Waals surface area contributed by atoms with Crippen LogP contribution in [-0.4, -0.2) is 37.1 Å². The second-order valence-corrected chi connectivity index (χ2v) is 7.18. The van der Waals surface area contributed by atoms with Gasteiger partial charge in [0.05, 0.1) is 23.0 Å². The van der Waals surface area contributed by atoms with Crippen molar-refractivity contribution < 1.29 is 8.42 Å². The predicted molar refractivity (Wildman–Crippen MR) is 70.4 cm³/mol. The van der Waals surface area contributed by atoms with E-state index >= 15 is 0 Å². The second kappa shape index (κ2) is 6.44. The minimum Gasteiger partial charge on any atom is -0.330 e. The van der Waals surface area contributed by atoms with E-state index in [0.717, 1.165) is 17.1 Å². The smallest absolute Gasteiger partial charge is 0.214 e. The molecule has 0 saturated heterocycles. The van der Waals surface area contributed by atoms with Gasteiger partial charge in [-0.3, -0.25) is 0 Å². The summed E-state index contributed by atoms with van der Waals surface area (Å²) in [6.07, 6.45) is 1.35. The number of aryl methyl sites for hydroxylation is 1. The monoisotopic (exact) mass is 277 g/mol. The van der Waals surface area contributed by atoms with E-state index in [0.29, 0.717) is 19.5 Å². The Balaban J connectivity index is 2.53. The number of aromatic nitrogens is 1. The highest BCUT2D eigenvalue weighted by molar-refractivity contribution is 7.89. The quantitative estimate of drug-likeness (QED) is 0.753. The standard InChI is InChI=1S/C10H19N3O2S2/c1-9-12-10(8-16-9)7-13(2)17(14,15)6-4-3-5-11/h8H,3-7,11H2,1-2H3. The zero-order chi connectivity index (χ0) is 12.9. The third-order valence-electron chi connectivity index (χ3n) is 2.38. The van der Waals surface area contributed by atoms with Crippen LogP contribution in [0.5, 0.6) is 0 Å². The summed E-state index contributed by atoms with van der Waals surface area (Å²) in [5.41, 5.74) is 6.15. The van der Waals surface area contributed by atoms with E-state index in [2.05, 4.69) is 4.98 Å². The fourth-order valence-corrected chi connectivity index (χ4v) is 3.21. The molecule has 0 spiro atoms. The molecule has 0 aliphatic heterocycles. The lowest BCUT2D eigenvalue weighted by Crippen LogP contribution is -2.29. The van der Waals surface area contributed by atoms with E-state index < -0.39 is 10.0 Å². The molecule has 0 fully saturated rings. The van der Waals surface area contributed by atoms with Gasteiger partial charge in [-0.05, 0) is 26.3 Å². The molecular formula is C10H19N3O2S2. The van der Waals surface area contributed by atoms with Crippen LogP contribution < -0.4 is 5.73 Å². The zero-order valence-corrected chi connectivity index (χ0v) is 11.9. The predicted octanol–water partition coefficient (Wildman–Crippen LogP) is 0.952. The van der Waals surface area contributed by atoms with Crippen LogP contribution in [0.1, 0.15) is 23.5 Å². The highest BCUT2D eigenvalue weighted by Gasteiger charge is 2.18. The van der Waals surface area contributed by atoms with Crippen LogP contribution in [0, 0.1) is 6.92 Å². The van der Waals surface area contributed by atoms with Gasteiger partial charge < -0.3 is 5.73 Å². The van der Waals surface area contributed by atoms with E-state index in [-0.39, 0.29) is 5.75 Å². The van der Waals surface area contributed by atoms with Gasteiger partial charge in [0, 0.05) is 12.4 Å². The number of unbranched alkanes of at least 4 members (excludes halogenated alkanes) is 1. The number of sulfonamides is 1. The highest BCUT2D eigenvalue weighted by Crippen LogP contribution is 2.12. The molecule has 0 aliphatic carbocycles. The normalized spacial score (nSPS) is 12.2. The van der Waals surface area contributed by atoms with Gasteiger partial charge in [-0.25, -0.2) is 13.4 Å². The van der Waals surface area contributed by atoms with Crippen molar-refractivity contribution in [3.8, 4) is 0 Å². The fraction of sp³-hybridized carbons (Fsp3) is 0.700. The second-order valence-electron chi connectivity index (χ2n) is 3.93. The molecule has 1 rings (SSSR count). The Morgan fingerprint density at radius 1 is 1.47 bits per heavy atom. The van der Waals surface area contributed by atoms with Gasteiger partial charge >= 0.3 is 0 Å².